The number of thiazole rings is 1. The van der Waals surface area contributed by atoms with Gasteiger partial charge in [-0.05, 0) is 19.3 Å². The number of H-pyrrole nitrogens is 1. The fraction of sp³-hybridized carbons (Fsp3) is 0.636. The van der Waals surface area contributed by atoms with Crippen molar-refractivity contribution in [2.75, 3.05) is 6.54 Å². The first-order valence-electron chi connectivity index (χ1n) is 6.05. The number of hydrogen-bond acceptors (Lipinski definition) is 5. The highest BCUT2D eigenvalue weighted by atomic mass is 32.2. The predicted molar refractivity (Wildman–Crippen MR) is 75.4 cm³/mol. The highest BCUT2D eigenvalue weighted by Crippen LogP contribution is 2.17. The lowest BCUT2D eigenvalue weighted by Gasteiger charge is -2.15. The SMILES string of the molecule is Cc1[nH]c(=O)sc1S(=O)(=O)NCC(CC(C)C)C(=O)O. The zero-order valence-electron chi connectivity index (χ0n) is 11.5. The van der Waals surface area contributed by atoms with E-state index in [4.69, 9.17) is 5.11 Å². The first kappa shape index (κ1) is 16.9. The fourth-order valence-corrected chi connectivity index (χ4v) is 4.19. The Labute approximate surface area is 121 Å². The number of hydrogen-bond donors (Lipinski definition) is 3. The molecule has 0 aliphatic rings. The molecule has 1 unspecified atom stereocenters. The highest BCUT2D eigenvalue weighted by molar-refractivity contribution is 7.91. The second kappa shape index (κ2) is 6.51. The van der Waals surface area contributed by atoms with E-state index in [-0.39, 0.29) is 22.4 Å². The molecule has 1 heterocycles. The van der Waals surface area contributed by atoms with Gasteiger partial charge in [0, 0.05) is 12.2 Å². The van der Waals surface area contributed by atoms with E-state index in [0.717, 1.165) is 0 Å². The van der Waals surface area contributed by atoms with E-state index in [9.17, 15) is 18.0 Å². The molecule has 9 heteroatoms. The van der Waals surface area contributed by atoms with Crippen LogP contribution >= 0.6 is 11.3 Å². The van der Waals surface area contributed by atoms with Gasteiger partial charge < -0.3 is 10.1 Å². The van der Waals surface area contributed by atoms with Crippen LogP contribution in [0.3, 0.4) is 0 Å². The number of carboxylic acid groups (broad SMARTS) is 1. The minimum atomic E-state index is -3.86. The summed E-state index contributed by atoms with van der Waals surface area (Å²) in [7, 11) is -3.86. The van der Waals surface area contributed by atoms with E-state index < -0.39 is 26.8 Å². The number of sulfonamides is 1. The Hall–Kier alpha value is -1.19. The summed E-state index contributed by atoms with van der Waals surface area (Å²) in [6.45, 7) is 5.02. The van der Waals surface area contributed by atoms with Crippen LogP contribution in [0.5, 0.6) is 0 Å². The first-order chi connectivity index (χ1) is 9.13. The first-order valence-corrected chi connectivity index (χ1v) is 8.35. The van der Waals surface area contributed by atoms with Crippen LogP contribution < -0.4 is 9.60 Å². The van der Waals surface area contributed by atoms with Crippen LogP contribution in [0.4, 0.5) is 0 Å². The van der Waals surface area contributed by atoms with E-state index >= 15 is 0 Å². The second-order valence-corrected chi connectivity index (χ2v) is 7.89. The minimum Gasteiger partial charge on any atom is -0.481 e. The number of aromatic amines is 1. The topological polar surface area (TPSA) is 116 Å². The molecule has 3 N–H and O–H groups in total. The van der Waals surface area contributed by atoms with Crippen molar-refractivity contribution in [2.24, 2.45) is 11.8 Å². The third kappa shape index (κ3) is 4.43. The highest BCUT2D eigenvalue weighted by Gasteiger charge is 2.25. The van der Waals surface area contributed by atoms with Gasteiger partial charge in [0.1, 0.15) is 0 Å². The molecule has 1 aromatic heterocycles. The van der Waals surface area contributed by atoms with Gasteiger partial charge >= 0.3 is 10.8 Å². The fourth-order valence-electron chi connectivity index (χ4n) is 1.76. The maximum Gasteiger partial charge on any atom is 0.307 e. The van der Waals surface area contributed by atoms with Crippen molar-refractivity contribution in [2.45, 2.75) is 31.4 Å². The van der Waals surface area contributed by atoms with E-state index in [1.807, 2.05) is 13.8 Å². The molecule has 0 spiro atoms. The lowest BCUT2D eigenvalue weighted by atomic mass is 9.98. The average Bonchev–Trinajstić information content (AvgIpc) is 2.63. The number of carboxylic acids is 1. The van der Waals surface area contributed by atoms with Crippen molar-refractivity contribution in [3.8, 4) is 0 Å². The lowest BCUT2D eigenvalue weighted by Crippen LogP contribution is -2.33. The zero-order valence-corrected chi connectivity index (χ0v) is 13.1. The van der Waals surface area contributed by atoms with Gasteiger partial charge in [0.25, 0.3) is 10.0 Å². The second-order valence-electron chi connectivity index (χ2n) is 4.94. The van der Waals surface area contributed by atoms with Gasteiger partial charge in [-0.2, -0.15) is 0 Å². The average molecular weight is 322 g/mol. The third-order valence-electron chi connectivity index (χ3n) is 2.65. The van der Waals surface area contributed by atoms with Gasteiger partial charge in [0.15, 0.2) is 4.21 Å². The van der Waals surface area contributed by atoms with Gasteiger partial charge in [-0.3, -0.25) is 9.59 Å². The van der Waals surface area contributed by atoms with Gasteiger partial charge in [-0.1, -0.05) is 25.2 Å². The Morgan fingerprint density at radius 2 is 2.05 bits per heavy atom. The molecular weight excluding hydrogens is 304 g/mol. The van der Waals surface area contributed by atoms with Crippen molar-refractivity contribution >= 4 is 27.3 Å². The molecule has 7 nitrogen and oxygen atoms in total. The summed E-state index contributed by atoms with van der Waals surface area (Å²) >= 11 is 0.586. The number of aromatic nitrogens is 1. The Kier molecular flexibility index (Phi) is 5.49. The summed E-state index contributed by atoms with van der Waals surface area (Å²) in [5.41, 5.74) is 0.253. The van der Waals surface area contributed by atoms with Crippen molar-refractivity contribution in [3.05, 3.63) is 15.4 Å². The molecule has 0 aliphatic heterocycles. The lowest BCUT2D eigenvalue weighted by molar-refractivity contribution is -0.142. The number of rotatable bonds is 7. The third-order valence-corrected chi connectivity index (χ3v) is 5.68. The van der Waals surface area contributed by atoms with Crippen molar-refractivity contribution < 1.29 is 18.3 Å². The molecule has 0 amide bonds. The number of aryl methyl sites for hydroxylation is 1. The molecule has 0 aromatic carbocycles. The Morgan fingerprint density at radius 3 is 2.45 bits per heavy atom. The van der Waals surface area contributed by atoms with E-state index in [1.165, 1.54) is 6.92 Å². The van der Waals surface area contributed by atoms with Gasteiger partial charge in [-0.15, -0.1) is 0 Å². The Balaban J connectivity index is 2.84. The van der Waals surface area contributed by atoms with Crippen LogP contribution in [-0.4, -0.2) is 31.0 Å². The van der Waals surface area contributed by atoms with Crippen LogP contribution in [0.15, 0.2) is 9.00 Å². The summed E-state index contributed by atoms with van der Waals surface area (Å²) in [4.78, 5) is 24.1. The molecule has 114 valence electrons. The molecule has 0 saturated heterocycles. The monoisotopic (exact) mass is 322 g/mol. The van der Waals surface area contributed by atoms with Crippen LogP contribution in [0.25, 0.3) is 0 Å². The normalized spacial score (nSPS) is 13.6. The van der Waals surface area contributed by atoms with Crippen LogP contribution in [-0.2, 0) is 14.8 Å². The quantitative estimate of drug-likeness (QED) is 0.685. The molecule has 0 radical (unpaired) electrons. The molecule has 0 bridgehead atoms. The van der Waals surface area contributed by atoms with Gasteiger partial charge in [0.05, 0.1) is 5.92 Å². The predicted octanol–water partition coefficient (Wildman–Crippen LogP) is 0.770. The summed E-state index contributed by atoms with van der Waals surface area (Å²) in [6, 6.07) is 0. The Bertz CT molecular complexity index is 629. The largest absolute Gasteiger partial charge is 0.481 e. The van der Waals surface area contributed by atoms with Crippen LogP contribution in [0.1, 0.15) is 26.0 Å². The molecule has 0 fully saturated rings. The molecule has 20 heavy (non-hydrogen) atoms. The number of aliphatic carboxylic acids is 1. The van der Waals surface area contributed by atoms with Gasteiger partial charge in [-0.25, -0.2) is 13.1 Å². The summed E-state index contributed by atoms with van der Waals surface area (Å²) in [6.07, 6.45) is 0.375. The number of carbonyl (C=O) groups is 1. The number of nitrogens with one attached hydrogen (secondary N) is 2. The molecular formula is C11H18N2O5S2. The molecule has 1 atom stereocenters. The maximum absolute atomic E-state index is 12.0. The van der Waals surface area contributed by atoms with Crippen molar-refractivity contribution in [1.82, 2.24) is 9.71 Å². The zero-order chi connectivity index (χ0) is 15.5. The van der Waals surface area contributed by atoms with E-state index in [1.54, 1.807) is 0 Å². The van der Waals surface area contributed by atoms with Crippen LogP contribution in [0.2, 0.25) is 0 Å². The standard InChI is InChI=1S/C11H18N2O5S2/c1-6(2)4-8(9(14)15)5-12-20(17,18)10-7(3)13-11(16)19-10/h6,8,12H,4-5H2,1-3H3,(H,13,16)(H,14,15). The minimum absolute atomic E-state index is 0.101. The smallest absolute Gasteiger partial charge is 0.307 e. The molecule has 0 aliphatic carbocycles. The summed E-state index contributed by atoms with van der Waals surface area (Å²) in [5, 5.41) is 9.06. The Morgan fingerprint density at radius 1 is 1.45 bits per heavy atom. The van der Waals surface area contributed by atoms with E-state index in [0.29, 0.717) is 17.8 Å². The van der Waals surface area contributed by atoms with Crippen molar-refractivity contribution in [1.29, 1.82) is 0 Å². The summed E-state index contributed by atoms with van der Waals surface area (Å²) < 4.78 is 26.2. The van der Waals surface area contributed by atoms with Gasteiger partial charge in [0.2, 0.25) is 0 Å². The molecule has 1 rings (SSSR count). The summed E-state index contributed by atoms with van der Waals surface area (Å²) in [5.74, 6) is -1.69. The molecule has 1 aromatic rings. The van der Waals surface area contributed by atoms with Crippen molar-refractivity contribution in [3.63, 3.8) is 0 Å². The molecule has 0 saturated carbocycles. The van der Waals surface area contributed by atoms with Crippen LogP contribution in [0, 0.1) is 18.8 Å². The van der Waals surface area contributed by atoms with E-state index in [2.05, 4.69) is 9.71 Å². The maximum atomic E-state index is 12.0.